The summed E-state index contributed by atoms with van der Waals surface area (Å²) in [5.41, 5.74) is 2.11. The molecule has 0 amide bonds. The van der Waals surface area contributed by atoms with E-state index >= 15 is 0 Å². The fraction of sp³-hybridized carbons (Fsp3) is 0.286. The fourth-order valence-electron chi connectivity index (χ4n) is 1.73. The van der Waals surface area contributed by atoms with Crippen molar-refractivity contribution < 1.29 is 4.74 Å². The summed E-state index contributed by atoms with van der Waals surface area (Å²) in [6, 6.07) is 7.75. The average molecular weight is 322 g/mol. The summed E-state index contributed by atoms with van der Waals surface area (Å²) in [7, 11) is 1.66. The second-order valence-corrected chi connectivity index (χ2v) is 4.96. The van der Waals surface area contributed by atoms with Crippen LogP contribution < -0.4 is 10.1 Å². The van der Waals surface area contributed by atoms with E-state index in [0.717, 1.165) is 39.7 Å². The van der Waals surface area contributed by atoms with E-state index in [1.807, 2.05) is 38.1 Å². The third-order valence-electron chi connectivity index (χ3n) is 2.75. The Morgan fingerprint density at radius 2 is 2.05 bits per heavy atom. The zero-order valence-corrected chi connectivity index (χ0v) is 12.8. The maximum absolute atomic E-state index is 5.19. The van der Waals surface area contributed by atoms with Crippen LogP contribution in [-0.2, 0) is 6.42 Å². The molecule has 0 saturated carbocycles. The summed E-state index contributed by atoms with van der Waals surface area (Å²) in [6.07, 6.45) is 0.801. The maximum Gasteiger partial charge on any atom is 0.135 e. The highest BCUT2D eigenvalue weighted by Crippen LogP contribution is 2.24. The number of anilines is 2. The Labute approximate surface area is 121 Å². The van der Waals surface area contributed by atoms with Crippen LogP contribution in [0.15, 0.2) is 28.9 Å². The first-order chi connectivity index (χ1) is 9.12. The van der Waals surface area contributed by atoms with Crippen molar-refractivity contribution in [1.82, 2.24) is 9.97 Å². The summed E-state index contributed by atoms with van der Waals surface area (Å²) < 4.78 is 5.98. The van der Waals surface area contributed by atoms with Crippen molar-refractivity contribution in [2.24, 2.45) is 0 Å². The van der Waals surface area contributed by atoms with Gasteiger partial charge < -0.3 is 10.1 Å². The molecule has 2 rings (SSSR count). The summed E-state index contributed by atoms with van der Waals surface area (Å²) in [4.78, 5) is 8.74. The number of hydrogen-bond acceptors (Lipinski definition) is 4. The third kappa shape index (κ3) is 3.44. The van der Waals surface area contributed by atoms with Crippen LogP contribution in [0, 0.1) is 6.92 Å². The van der Waals surface area contributed by atoms with Gasteiger partial charge in [0.25, 0.3) is 0 Å². The summed E-state index contributed by atoms with van der Waals surface area (Å²) >= 11 is 3.40. The number of rotatable bonds is 4. The SMILES string of the molecule is CCc1nc(Br)cc(Nc2ccc(OC)cc2C)n1. The number of hydrogen-bond donors (Lipinski definition) is 1. The predicted molar refractivity (Wildman–Crippen MR) is 80.1 cm³/mol. The molecule has 1 aromatic carbocycles. The van der Waals surface area contributed by atoms with Crippen LogP contribution in [-0.4, -0.2) is 17.1 Å². The molecule has 1 heterocycles. The van der Waals surface area contributed by atoms with Crippen molar-refractivity contribution in [3.8, 4) is 5.75 Å². The van der Waals surface area contributed by atoms with Gasteiger partial charge in [0.15, 0.2) is 0 Å². The van der Waals surface area contributed by atoms with Gasteiger partial charge in [-0.2, -0.15) is 0 Å². The summed E-state index contributed by atoms with van der Waals surface area (Å²) in [6.45, 7) is 4.06. The zero-order valence-electron chi connectivity index (χ0n) is 11.2. The Morgan fingerprint density at radius 3 is 2.68 bits per heavy atom. The van der Waals surface area contributed by atoms with Gasteiger partial charge in [0.05, 0.1) is 7.11 Å². The Balaban J connectivity index is 2.28. The zero-order chi connectivity index (χ0) is 13.8. The van der Waals surface area contributed by atoms with Gasteiger partial charge in [0.1, 0.15) is 22.0 Å². The van der Waals surface area contributed by atoms with Gasteiger partial charge in [0, 0.05) is 18.2 Å². The highest BCUT2D eigenvalue weighted by atomic mass is 79.9. The molecule has 1 aromatic heterocycles. The number of nitrogens with one attached hydrogen (secondary N) is 1. The first kappa shape index (κ1) is 13.8. The van der Waals surface area contributed by atoms with Gasteiger partial charge in [-0.15, -0.1) is 0 Å². The van der Waals surface area contributed by atoms with E-state index in [-0.39, 0.29) is 0 Å². The minimum absolute atomic E-state index is 0.784. The monoisotopic (exact) mass is 321 g/mol. The fourth-order valence-corrected chi connectivity index (χ4v) is 2.15. The molecule has 0 aliphatic heterocycles. The van der Waals surface area contributed by atoms with Gasteiger partial charge in [-0.1, -0.05) is 6.92 Å². The van der Waals surface area contributed by atoms with Crippen molar-refractivity contribution >= 4 is 27.4 Å². The summed E-state index contributed by atoms with van der Waals surface area (Å²) in [5.74, 6) is 2.44. The van der Waals surface area contributed by atoms with Gasteiger partial charge >= 0.3 is 0 Å². The van der Waals surface area contributed by atoms with Crippen LogP contribution in [0.2, 0.25) is 0 Å². The Bertz CT molecular complexity index is 587. The molecule has 100 valence electrons. The molecule has 2 aromatic rings. The number of ether oxygens (including phenoxy) is 1. The van der Waals surface area contributed by atoms with Crippen LogP contribution in [0.4, 0.5) is 11.5 Å². The van der Waals surface area contributed by atoms with Crippen LogP contribution in [0.25, 0.3) is 0 Å². The van der Waals surface area contributed by atoms with Gasteiger partial charge in [-0.3, -0.25) is 0 Å². The molecular formula is C14H16BrN3O. The lowest BCUT2D eigenvalue weighted by molar-refractivity contribution is 0.414. The molecule has 4 nitrogen and oxygen atoms in total. The molecule has 0 fully saturated rings. The van der Waals surface area contributed by atoms with E-state index in [4.69, 9.17) is 4.74 Å². The molecule has 0 saturated heterocycles. The van der Waals surface area contributed by atoms with E-state index in [1.54, 1.807) is 7.11 Å². The van der Waals surface area contributed by atoms with E-state index < -0.39 is 0 Å². The van der Waals surface area contributed by atoms with Gasteiger partial charge in [0.2, 0.25) is 0 Å². The van der Waals surface area contributed by atoms with E-state index in [2.05, 4.69) is 31.2 Å². The van der Waals surface area contributed by atoms with Crippen molar-refractivity contribution in [3.05, 3.63) is 40.3 Å². The molecule has 0 aliphatic carbocycles. The molecule has 0 bridgehead atoms. The van der Waals surface area contributed by atoms with Crippen molar-refractivity contribution in [2.75, 3.05) is 12.4 Å². The first-order valence-corrected chi connectivity index (χ1v) is 6.86. The maximum atomic E-state index is 5.19. The Hall–Kier alpha value is -1.62. The standard InChI is InChI=1S/C14H16BrN3O/c1-4-13-17-12(15)8-14(18-13)16-11-6-5-10(19-3)7-9(11)2/h5-8H,4H2,1-3H3,(H,16,17,18). The molecule has 1 N–H and O–H groups in total. The lowest BCUT2D eigenvalue weighted by Crippen LogP contribution is -2.01. The normalized spacial score (nSPS) is 10.3. The number of halogens is 1. The number of benzene rings is 1. The van der Waals surface area contributed by atoms with Crippen molar-refractivity contribution in [2.45, 2.75) is 20.3 Å². The molecule has 0 aliphatic rings. The molecule has 0 spiro atoms. The average Bonchev–Trinajstić information content (AvgIpc) is 2.40. The van der Waals surface area contributed by atoms with Crippen LogP contribution >= 0.6 is 15.9 Å². The molecule has 19 heavy (non-hydrogen) atoms. The van der Waals surface area contributed by atoms with Crippen molar-refractivity contribution in [3.63, 3.8) is 0 Å². The quantitative estimate of drug-likeness (QED) is 0.868. The number of aromatic nitrogens is 2. The molecule has 5 heteroatoms. The number of methoxy groups -OCH3 is 1. The molecule has 0 atom stereocenters. The Morgan fingerprint density at radius 1 is 1.26 bits per heavy atom. The second kappa shape index (κ2) is 6.02. The molecule has 0 unspecified atom stereocenters. The van der Waals surface area contributed by atoms with E-state index in [9.17, 15) is 0 Å². The lowest BCUT2D eigenvalue weighted by Gasteiger charge is -2.11. The smallest absolute Gasteiger partial charge is 0.135 e. The number of aryl methyl sites for hydroxylation is 2. The summed E-state index contributed by atoms with van der Waals surface area (Å²) in [5, 5.41) is 3.30. The van der Waals surface area contributed by atoms with Crippen LogP contribution in [0.3, 0.4) is 0 Å². The van der Waals surface area contributed by atoms with Gasteiger partial charge in [-0.05, 0) is 46.6 Å². The van der Waals surface area contributed by atoms with Crippen molar-refractivity contribution in [1.29, 1.82) is 0 Å². The third-order valence-corrected chi connectivity index (χ3v) is 3.16. The first-order valence-electron chi connectivity index (χ1n) is 6.07. The highest BCUT2D eigenvalue weighted by Gasteiger charge is 2.05. The van der Waals surface area contributed by atoms with E-state index in [1.165, 1.54) is 0 Å². The van der Waals surface area contributed by atoms with Gasteiger partial charge in [-0.25, -0.2) is 9.97 Å². The number of nitrogens with zero attached hydrogens (tertiary/aromatic N) is 2. The minimum atomic E-state index is 0.784. The van der Waals surface area contributed by atoms with Crippen LogP contribution in [0.1, 0.15) is 18.3 Å². The lowest BCUT2D eigenvalue weighted by atomic mass is 10.2. The molecule has 0 radical (unpaired) electrons. The topological polar surface area (TPSA) is 47.0 Å². The minimum Gasteiger partial charge on any atom is -0.497 e. The van der Waals surface area contributed by atoms with E-state index in [0.29, 0.717) is 0 Å². The molecular weight excluding hydrogens is 306 g/mol. The van der Waals surface area contributed by atoms with Crippen LogP contribution in [0.5, 0.6) is 5.75 Å². The highest BCUT2D eigenvalue weighted by molar-refractivity contribution is 9.10. The second-order valence-electron chi connectivity index (χ2n) is 4.15. The Kier molecular flexibility index (Phi) is 4.37. The largest absolute Gasteiger partial charge is 0.497 e. The predicted octanol–water partition coefficient (Wildman–Crippen LogP) is 3.86.